The van der Waals surface area contributed by atoms with Crippen LogP contribution in [0.15, 0.2) is 11.9 Å². The zero-order valence-electron chi connectivity index (χ0n) is 7.96. The summed E-state index contributed by atoms with van der Waals surface area (Å²) >= 11 is 0. The molecule has 0 rings (SSSR count). The SMILES string of the molecule is CCN(C(=O)C(F)F)/C(=C\N)C(C)=O. The highest BCUT2D eigenvalue weighted by Crippen LogP contribution is 2.09. The second kappa shape index (κ2) is 5.31. The zero-order valence-corrected chi connectivity index (χ0v) is 7.96. The van der Waals surface area contributed by atoms with Crippen LogP contribution in [0.3, 0.4) is 0 Å². The molecule has 0 aromatic heterocycles. The maximum atomic E-state index is 12.1. The first-order valence-corrected chi connectivity index (χ1v) is 3.98. The standard InChI is InChI=1S/C8H12F2N2O2/c1-3-12(8(14)7(9)10)6(4-11)5(2)13/h4,7H,3,11H2,1-2H3/b6-4-. The number of carbonyl (C=O) groups excluding carboxylic acids is 2. The summed E-state index contributed by atoms with van der Waals surface area (Å²) < 4.78 is 24.1. The van der Waals surface area contributed by atoms with Crippen LogP contribution in [0.1, 0.15) is 13.8 Å². The van der Waals surface area contributed by atoms with Crippen molar-refractivity contribution in [3.05, 3.63) is 11.9 Å². The maximum Gasteiger partial charge on any atom is 0.316 e. The van der Waals surface area contributed by atoms with Crippen molar-refractivity contribution < 1.29 is 18.4 Å². The van der Waals surface area contributed by atoms with Crippen LogP contribution >= 0.6 is 0 Å². The van der Waals surface area contributed by atoms with Gasteiger partial charge in [-0.15, -0.1) is 0 Å². The lowest BCUT2D eigenvalue weighted by Gasteiger charge is -2.21. The number of hydrogen-bond donors (Lipinski definition) is 1. The molecule has 6 heteroatoms. The van der Waals surface area contributed by atoms with Crippen molar-refractivity contribution in [2.45, 2.75) is 20.3 Å². The van der Waals surface area contributed by atoms with Gasteiger partial charge in [-0.1, -0.05) is 0 Å². The van der Waals surface area contributed by atoms with Crippen LogP contribution in [-0.2, 0) is 9.59 Å². The molecule has 0 aliphatic carbocycles. The number of ketones is 1. The van der Waals surface area contributed by atoms with Gasteiger partial charge in [-0.05, 0) is 6.92 Å². The number of hydrogen-bond acceptors (Lipinski definition) is 3. The van der Waals surface area contributed by atoms with E-state index in [0.717, 1.165) is 13.1 Å². The molecule has 0 bridgehead atoms. The summed E-state index contributed by atoms with van der Waals surface area (Å²) in [6.07, 6.45) is -2.28. The molecular formula is C8H12F2N2O2. The predicted octanol–water partition coefficient (Wildman–Crippen LogP) is 0.489. The molecule has 0 aliphatic rings. The van der Waals surface area contributed by atoms with Gasteiger partial charge in [0.25, 0.3) is 5.91 Å². The van der Waals surface area contributed by atoms with Crippen LogP contribution in [0.25, 0.3) is 0 Å². The Bertz CT molecular complexity index is 264. The second-order valence-electron chi connectivity index (χ2n) is 2.49. The fraction of sp³-hybridized carbons (Fsp3) is 0.500. The topological polar surface area (TPSA) is 63.4 Å². The first-order chi connectivity index (χ1) is 6.45. The summed E-state index contributed by atoms with van der Waals surface area (Å²) in [5, 5.41) is 0. The van der Waals surface area contributed by atoms with Crippen molar-refractivity contribution in [3.8, 4) is 0 Å². The van der Waals surface area contributed by atoms with Gasteiger partial charge in [-0.25, -0.2) is 0 Å². The Morgan fingerprint density at radius 1 is 1.50 bits per heavy atom. The molecule has 0 aromatic carbocycles. The Hall–Kier alpha value is -1.46. The van der Waals surface area contributed by atoms with Gasteiger partial charge in [0.05, 0.1) is 0 Å². The minimum absolute atomic E-state index is 0.0220. The molecule has 2 N–H and O–H groups in total. The van der Waals surface area contributed by atoms with Crippen molar-refractivity contribution in [3.63, 3.8) is 0 Å². The van der Waals surface area contributed by atoms with E-state index in [1.807, 2.05) is 0 Å². The minimum atomic E-state index is -3.13. The summed E-state index contributed by atoms with van der Waals surface area (Å²) in [6, 6.07) is 0. The van der Waals surface area contributed by atoms with Crippen LogP contribution in [0.4, 0.5) is 8.78 Å². The average molecular weight is 206 g/mol. The quantitative estimate of drug-likeness (QED) is 0.681. The molecule has 0 radical (unpaired) electrons. The van der Waals surface area contributed by atoms with E-state index in [1.54, 1.807) is 0 Å². The number of nitrogens with zero attached hydrogens (tertiary/aromatic N) is 1. The first kappa shape index (κ1) is 12.5. The van der Waals surface area contributed by atoms with E-state index in [9.17, 15) is 18.4 Å². The maximum absolute atomic E-state index is 12.1. The lowest BCUT2D eigenvalue weighted by Crippen LogP contribution is -2.37. The number of allylic oxidation sites excluding steroid dienone is 1. The summed E-state index contributed by atoms with van der Waals surface area (Å²) in [4.78, 5) is 22.5. The predicted molar refractivity (Wildman–Crippen MR) is 46.3 cm³/mol. The van der Waals surface area contributed by atoms with E-state index in [0.29, 0.717) is 4.90 Å². The van der Waals surface area contributed by atoms with Gasteiger partial charge in [0.15, 0.2) is 5.78 Å². The van der Waals surface area contributed by atoms with Crippen LogP contribution in [0, 0.1) is 0 Å². The zero-order chi connectivity index (χ0) is 11.3. The lowest BCUT2D eigenvalue weighted by molar-refractivity contribution is -0.142. The Morgan fingerprint density at radius 3 is 2.21 bits per heavy atom. The first-order valence-electron chi connectivity index (χ1n) is 3.98. The highest BCUT2D eigenvalue weighted by Gasteiger charge is 2.26. The fourth-order valence-electron chi connectivity index (χ4n) is 0.960. The van der Waals surface area contributed by atoms with Gasteiger partial charge in [0.1, 0.15) is 5.70 Å². The number of halogens is 2. The van der Waals surface area contributed by atoms with Gasteiger partial charge in [-0.3, -0.25) is 9.59 Å². The average Bonchev–Trinajstić information content (AvgIpc) is 2.11. The Balaban J connectivity index is 4.88. The number of nitrogens with two attached hydrogens (primary N) is 1. The minimum Gasteiger partial charge on any atom is -0.403 e. The van der Waals surface area contributed by atoms with E-state index >= 15 is 0 Å². The number of likely N-dealkylation sites (N-methyl/N-ethyl adjacent to an activating group) is 1. The van der Waals surface area contributed by atoms with Crippen molar-refractivity contribution in [2.24, 2.45) is 5.73 Å². The summed E-state index contributed by atoms with van der Waals surface area (Å²) in [7, 11) is 0. The molecule has 0 aromatic rings. The third-order valence-corrected chi connectivity index (χ3v) is 1.58. The molecule has 0 atom stereocenters. The molecule has 0 fully saturated rings. The summed E-state index contributed by atoms with van der Waals surface area (Å²) in [5.41, 5.74) is 4.86. The van der Waals surface area contributed by atoms with E-state index in [-0.39, 0.29) is 12.2 Å². The van der Waals surface area contributed by atoms with E-state index < -0.39 is 18.1 Å². The molecule has 1 amide bonds. The smallest absolute Gasteiger partial charge is 0.316 e. The van der Waals surface area contributed by atoms with E-state index in [2.05, 4.69) is 0 Å². The number of alkyl halides is 2. The number of rotatable bonds is 4. The molecule has 80 valence electrons. The fourth-order valence-corrected chi connectivity index (χ4v) is 0.960. The summed E-state index contributed by atoms with van der Waals surface area (Å²) in [6.45, 7) is 2.61. The molecule has 0 unspecified atom stereocenters. The number of Topliss-reactive ketones (excluding diaryl/α,β-unsaturated/α-hetero) is 1. The molecule has 0 aliphatic heterocycles. The Morgan fingerprint density at radius 2 is 2.00 bits per heavy atom. The third kappa shape index (κ3) is 2.79. The van der Waals surface area contributed by atoms with E-state index in [1.165, 1.54) is 6.92 Å². The largest absolute Gasteiger partial charge is 0.403 e. The molecule has 0 saturated carbocycles. The highest BCUT2D eigenvalue weighted by molar-refractivity contribution is 5.97. The monoisotopic (exact) mass is 206 g/mol. The molecule has 14 heavy (non-hydrogen) atoms. The van der Waals surface area contributed by atoms with Crippen molar-refractivity contribution in [1.29, 1.82) is 0 Å². The summed E-state index contributed by atoms with van der Waals surface area (Å²) in [5.74, 6) is -1.94. The van der Waals surface area contributed by atoms with Gasteiger partial charge in [0, 0.05) is 19.7 Å². The van der Waals surface area contributed by atoms with Gasteiger partial charge in [-0.2, -0.15) is 8.78 Å². The number of amides is 1. The van der Waals surface area contributed by atoms with E-state index in [4.69, 9.17) is 5.73 Å². The highest BCUT2D eigenvalue weighted by atomic mass is 19.3. The normalized spacial score (nSPS) is 11.6. The van der Waals surface area contributed by atoms with Crippen LogP contribution in [0.5, 0.6) is 0 Å². The van der Waals surface area contributed by atoms with Crippen LogP contribution < -0.4 is 5.73 Å². The van der Waals surface area contributed by atoms with Gasteiger partial charge >= 0.3 is 6.43 Å². The molecule has 4 nitrogen and oxygen atoms in total. The van der Waals surface area contributed by atoms with Crippen LogP contribution in [0.2, 0.25) is 0 Å². The van der Waals surface area contributed by atoms with Crippen molar-refractivity contribution in [1.82, 2.24) is 4.90 Å². The second-order valence-corrected chi connectivity index (χ2v) is 2.49. The lowest BCUT2D eigenvalue weighted by atomic mass is 10.3. The van der Waals surface area contributed by atoms with Gasteiger partial charge < -0.3 is 10.6 Å². The molecular weight excluding hydrogens is 194 g/mol. The van der Waals surface area contributed by atoms with Crippen molar-refractivity contribution >= 4 is 11.7 Å². The van der Waals surface area contributed by atoms with Crippen LogP contribution in [-0.4, -0.2) is 29.6 Å². The van der Waals surface area contributed by atoms with Gasteiger partial charge in [0.2, 0.25) is 0 Å². The Labute approximate surface area is 80.4 Å². The Kier molecular flexibility index (Phi) is 4.76. The van der Waals surface area contributed by atoms with Crippen molar-refractivity contribution in [2.75, 3.05) is 6.54 Å². The third-order valence-electron chi connectivity index (χ3n) is 1.58. The molecule has 0 heterocycles. The number of carbonyl (C=O) groups is 2. The molecule has 0 saturated heterocycles. The molecule has 0 spiro atoms.